The van der Waals surface area contributed by atoms with E-state index in [1.807, 2.05) is 7.05 Å². The molecule has 5 heteroatoms. The van der Waals surface area contributed by atoms with Crippen molar-refractivity contribution in [3.05, 3.63) is 11.9 Å². The second-order valence-electron chi connectivity index (χ2n) is 5.64. The number of rotatable bonds is 6. The molecule has 1 aliphatic rings. The van der Waals surface area contributed by atoms with Crippen LogP contribution in [0.5, 0.6) is 0 Å². The monoisotopic (exact) mass is 278 g/mol. The molecule has 1 saturated heterocycles. The third-order valence-electron chi connectivity index (χ3n) is 3.98. The van der Waals surface area contributed by atoms with Crippen LogP contribution in [0.2, 0.25) is 0 Å². The Balaban J connectivity index is 2.09. The minimum atomic E-state index is 0.378. The summed E-state index contributed by atoms with van der Waals surface area (Å²) in [5.74, 6) is 2.81. The first kappa shape index (κ1) is 15.0. The minimum absolute atomic E-state index is 0.378. The van der Waals surface area contributed by atoms with Gasteiger partial charge in [-0.25, -0.2) is 9.97 Å². The van der Waals surface area contributed by atoms with Gasteiger partial charge in [-0.05, 0) is 18.8 Å². The molecular formula is C15H26N4O. The van der Waals surface area contributed by atoms with Crippen LogP contribution in [0.25, 0.3) is 0 Å². The van der Waals surface area contributed by atoms with Gasteiger partial charge in [0.1, 0.15) is 18.0 Å². The number of ether oxygens (including phenoxy) is 1. The molecule has 0 bridgehead atoms. The predicted octanol–water partition coefficient (Wildman–Crippen LogP) is 2.87. The summed E-state index contributed by atoms with van der Waals surface area (Å²) in [7, 11) is 1.90. The third kappa shape index (κ3) is 3.20. The number of nitrogens with zero attached hydrogens (tertiary/aromatic N) is 2. The van der Waals surface area contributed by atoms with Crippen molar-refractivity contribution in [2.45, 2.75) is 45.6 Å². The van der Waals surface area contributed by atoms with Crippen molar-refractivity contribution >= 4 is 11.6 Å². The second kappa shape index (κ2) is 6.88. The van der Waals surface area contributed by atoms with Crippen molar-refractivity contribution in [3.63, 3.8) is 0 Å². The maximum absolute atomic E-state index is 5.74. The third-order valence-corrected chi connectivity index (χ3v) is 3.98. The Hall–Kier alpha value is -1.36. The highest BCUT2D eigenvalue weighted by Crippen LogP contribution is 2.29. The zero-order valence-corrected chi connectivity index (χ0v) is 12.9. The van der Waals surface area contributed by atoms with Crippen LogP contribution in [-0.2, 0) is 4.74 Å². The number of anilines is 2. The van der Waals surface area contributed by atoms with E-state index < -0.39 is 0 Å². The molecule has 0 saturated carbocycles. The molecule has 1 fully saturated rings. The quantitative estimate of drug-likeness (QED) is 0.838. The molecule has 2 heterocycles. The van der Waals surface area contributed by atoms with Gasteiger partial charge in [-0.2, -0.15) is 0 Å². The first-order valence-corrected chi connectivity index (χ1v) is 7.55. The lowest BCUT2D eigenvalue weighted by atomic mass is 9.99. The van der Waals surface area contributed by atoms with Gasteiger partial charge in [-0.15, -0.1) is 0 Å². The fourth-order valence-electron chi connectivity index (χ4n) is 2.89. The zero-order valence-electron chi connectivity index (χ0n) is 12.9. The van der Waals surface area contributed by atoms with E-state index in [0.717, 1.165) is 43.2 Å². The van der Waals surface area contributed by atoms with Crippen molar-refractivity contribution in [1.82, 2.24) is 9.97 Å². The molecule has 1 aromatic rings. The lowest BCUT2D eigenvalue weighted by molar-refractivity contribution is 0.0900. The van der Waals surface area contributed by atoms with Gasteiger partial charge in [0.15, 0.2) is 0 Å². The number of nitrogens with one attached hydrogen (secondary N) is 2. The summed E-state index contributed by atoms with van der Waals surface area (Å²) in [6, 6.07) is 0. The Labute approximate surface area is 121 Å². The SMILES string of the molecule is CCC1OCCC1CNc1ncnc(NC)c1C(C)C. The highest BCUT2D eigenvalue weighted by Gasteiger charge is 2.27. The Morgan fingerprint density at radius 2 is 2.10 bits per heavy atom. The first-order valence-electron chi connectivity index (χ1n) is 7.55. The van der Waals surface area contributed by atoms with E-state index in [4.69, 9.17) is 4.74 Å². The maximum atomic E-state index is 5.74. The van der Waals surface area contributed by atoms with Gasteiger partial charge in [0.2, 0.25) is 0 Å². The smallest absolute Gasteiger partial charge is 0.134 e. The normalized spacial score (nSPS) is 22.2. The molecular weight excluding hydrogens is 252 g/mol. The van der Waals surface area contributed by atoms with Crippen molar-refractivity contribution in [1.29, 1.82) is 0 Å². The van der Waals surface area contributed by atoms with Gasteiger partial charge in [-0.3, -0.25) is 0 Å². The highest BCUT2D eigenvalue weighted by molar-refractivity contribution is 5.58. The molecule has 2 unspecified atom stereocenters. The standard InChI is InChI=1S/C15H26N4O/c1-5-12-11(6-7-20-12)8-17-15-13(10(2)3)14(16-4)18-9-19-15/h9-12H,5-8H2,1-4H3,(H2,16,17,18,19). The van der Waals surface area contributed by atoms with Crippen LogP contribution in [0, 0.1) is 5.92 Å². The van der Waals surface area contributed by atoms with Crippen LogP contribution in [-0.4, -0.2) is 36.3 Å². The topological polar surface area (TPSA) is 59.1 Å². The van der Waals surface area contributed by atoms with Crippen LogP contribution in [0.3, 0.4) is 0 Å². The molecule has 1 aliphatic heterocycles. The van der Waals surface area contributed by atoms with Crippen molar-refractivity contribution in [2.75, 3.05) is 30.8 Å². The van der Waals surface area contributed by atoms with Gasteiger partial charge < -0.3 is 15.4 Å². The lowest BCUT2D eigenvalue weighted by Gasteiger charge is -2.20. The molecule has 2 N–H and O–H groups in total. The summed E-state index contributed by atoms with van der Waals surface area (Å²) in [4.78, 5) is 8.72. The van der Waals surface area contributed by atoms with Crippen LogP contribution in [0.4, 0.5) is 11.6 Å². The number of aromatic nitrogens is 2. The summed E-state index contributed by atoms with van der Waals surface area (Å²) in [5, 5.41) is 6.65. The fraction of sp³-hybridized carbons (Fsp3) is 0.733. The molecule has 2 rings (SSSR count). The average molecular weight is 278 g/mol. The van der Waals surface area contributed by atoms with Crippen LogP contribution >= 0.6 is 0 Å². The first-order chi connectivity index (χ1) is 9.67. The molecule has 0 spiro atoms. The average Bonchev–Trinajstić information content (AvgIpc) is 2.91. The van der Waals surface area contributed by atoms with E-state index in [0.29, 0.717) is 17.9 Å². The Morgan fingerprint density at radius 1 is 1.35 bits per heavy atom. The molecule has 20 heavy (non-hydrogen) atoms. The summed E-state index contributed by atoms with van der Waals surface area (Å²) in [6.45, 7) is 8.31. The fourth-order valence-corrected chi connectivity index (χ4v) is 2.89. The Bertz CT molecular complexity index is 436. The summed E-state index contributed by atoms with van der Waals surface area (Å²) in [5.41, 5.74) is 1.15. The molecule has 0 aromatic carbocycles. The van der Waals surface area contributed by atoms with Crippen LogP contribution in [0.15, 0.2) is 6.33 Å². The van der Waals surface area contributed by atoms with Gasteiger partial charge in [-0.1, -0.05) is 20.8 Å². The van der Waals surface area contributed by atoms with E-state index >= 15 is 0 Å². The summed E-state index contributed by atoms with van der Waals surface area (Å²) in [6.07, 6.45) is 4.21. The zero-order chi connectivity index (χ0) is 14.5. The van der Waals surface area contributed by atoms with Crippen molar-refractivity contribution < 1.29 is 4.74 Å². The number of hydrogen-bond acceptors (Lipinski definition) is 5. The van der Waals surface area contributed by atoms with Gasteiger partial charge >= 0.3 is 0 Å². The minimum Gasteiger partial charge on any atom is -0.378 e. The second-order valence-corrected chi connectivity index (χ2v) is 5.64. The number of hydrogen-bond donors (Lipinski definition) is 2. The molecule has 1 aromatic heterocycles. The van der Waals surface area contributed by atoms with E-state index in [9.17, 15) is 0 Å². The summed E-state index contributed by atoms with van der Waals surface area (Å²) < 4.78 is 5.74. The van der Waals surface area contributed by atoms with Gasteiger partial charge in [0.05, 0.1) is 6.10 Å². The van der Waals surface area contributed by atoms with Crippen molar-refractivity contribution in [2.24, 2.45) is 5.92 Å². The van der Waals surface area contributed by atoms with Gasteiger partial charge in [0, 0.05) is 31.7 Å². The van der Waals surface area contributed by atoms with E-state index in [2.05, 4.69) is 41.4 Å². The molecule has 0 aliphatic carbocycles. The predicted molar refractivity (Wildman–Crippen MR) is 82.3 cm³/mol. The molecule has 0 radical (unpaired) electrons. The highest BCUT2D eigenvalue weighted by atomic mass is 16.5. The Kier molecular flexibility index (Phi) is 5.17. The molecule has 112 valence electrons. The maximum Gasteiger partial charge on any atom is 0.134 e. The van der Waals surface area contributed by atoms with Crippen LogP contribution < -0.4 is 10.6 Å². The lowest BCUT2D eigenvalue weighted by Crippen LogP contribution is -2.24. The van der Waals surface area contributed by atoms with Gasteiger partial charge in [0.25, 0.3) is 0 Å². The van der Waals surface area contributed by atoms with E-state index in [1.165, 1.54) is 0 Å². The Morgan fingerprint density at radius 3 is 2.75 bits per heavy atom. The molecule has 2 atom stereocenters. The van der Waals surface area contributed by atoms with E-state index in [1.54, 1.807) is 6.33 Å². The summed E-state index contributed by atoms with van der Waals surface area (Å²) >= 11 is 0. The molecule has 0 amide bonds. The van der Waals surface area contributed by atoms with Crippen molar-refractivity contribution in [3.8, 4) is 0 Å². The van der Waals surface area contributed by atoms with E-state index in [-0.39, 0.29) is 0 Å². The van der Waals surface area contributed by atoms with Crippen LogP contribution in [0.1, 0.15) is 45.1 Å². The largest absolute Gasteiger partial charge is 0.378 e. The molecule has 5 nitrogen and oxygen atoms in total.